The third kappa shape index (κ3) is 6.22. The van der Waals surface area contributed by atoms with Gasteiger partial charge in [0.25, 0.3) is 0 Å². The van der Waals surface area contributed by atoms with Crippen LogP contribution in [0.4, 0.5) is 21.0 Å². The number of amides is 3. The smallest absolute Gasteiger partial charge is 0.418 e. The van der Waals surface area contributed by atoms with E-state index in [1.807, 2.05) is 56.3 Å². The Kier molecular flexibility index (Phi) is 8.79. The normalized spacial score (nSPS) is 14.8. The first-order valence-corrected chi connectivity index (χ1v) is 12.1. The Morgan fingerprint density at radius 1 is 1.06 bits per heavy atom. The molecule has 184 valence electrons. The maximum Gasteiger partial charge on any atom is 0.418 e. The van der Waals surface area contributed by atoms with Gasteiger partial charge < -0.3 is 19.7 Å². The molecule has 34 heavy (non-hydrogen) atoms. The summed E-state index contributed by atoms with van der Waals surface area (Å²) < 4.78 is 10.8. The molecule has 1 N–H and O–H groups in total. The van der Waals surface area contributed by atoms with Crippen LogP contribution in [-0.4, -0.2) is 49.9 Å². The lowest BCUT2D eigenvalue weighted by atomic mass is 9.87. The Balaban J connectivity index is 1.78. The number of nitrogens with one attached hydrogen (secondary N) is 1. The topological polar surface area (TPSA) is 71.1 Å². The van der Waals surface area contributed by atoms with Crippen molar-refractivity contribution in [1.82, 2.24) is 4.90 Å². The number of rotatable bonds is 8. The van der Waals surface area contributed by atoms with Gasteiger partial charge in [-0.1, -0.05) is 19.9 Å². The van der Waals surface area contributed by atoms with Crippen molar-refractivity contribution >= 4 is 23.5 Å². The molecule has 1 unspecified atom stereocenters. The van der Waals surface area contributed by atoms with Crippen LogP contribution in [0.5, 0.6) is 5.75 Å². The molecule has 0 fully saturated rings. The van der Waals surface area contributed by atoms with E-state index in [2.05, 4.69) is 24.1 Å². The molecule has 0 aromatic heterocycles. The van der Waals surface area contributed by atoms with E-state index < -0.39 is 12.1 Å². The first-order valence-electron chi connectivity index (χ1n) is 12.1. The number of nitrogens with zero attached hydrogens (tertiary/aromatic N) is 2. The summed E-state index contributed by atoms with van der Waals surface area (Å²) in [6.45, 7) is 10.2. The van der Waals surface area contributed by atoms with E-state index in [1.165, 1.54) is 10.5 Å². The zero-order chi connectivity index (χ0) is 24.7. The van der Waals surface area contributed by atoms with Crippen molar-refractivity contribution in [2.45, 2.75) is 53.0 Å². The van der Waals surface area contributed by atoms with Gasteiger partial charge in [-0.05, 0) is 86.6 Å². The van der Waals surface area contributed by atoms with Crippen LogP contribution in [0.15, 0.2) is 42.5 Å². The number of fused-ring (bicyclic) bond motifs is 1. The summed E-state index contributed by atoms with van der Waals surface area (Å²) in [6.07, 6.45) is 1.42. The summed E-state index contributed by atoms with van der Waals surface area (Å²) in [4.78, 5) is 29.8. The average Bonchev–Trinajstić information content (AvgIpc) is 2.84. The molecule has 0 radical (unpaired) electrons. The Morgan fingerprint density at radius 2 is 1.76 bits per heavy atom. The Bertz CT molecular complexity index is 970. The van der Waals surface area contributed by atoms with Gasteiger partial charge in [-0.25, -0.2) is 14.5 Å². The number of hydrogen-bond acceptors (Lipinski definition) is 5. The summed E-state index contributed by atoms with van der Waals surface area (Å²) >= 11 is 0. The van der Waals surface area contributed by atoms with E-state index in [4.69, 9.17) is 9.47 Å². The van der Waals surface area contributed by atoms with E-state index in [-0.39, 0.29) is 18.6 Å². The van der Waals surface area contributed by atoms with Gasteiger partial charge in [0, 0.05) is 30.5 Å². The average molecular weight is 468 g/mol. The molecule has 7 heteroatoms. The zero-order valence-corrected chi connectivity index (χ0v) is 21.0. The maximum atomic E-state index is 13.3. The SMILES string of the molecule is CCN(CC)c1ccc(NC(=O)N(C(=O)OCC(C)C)C2CCc3cc(OC)ccc3C2)cc1. The van der Waals surface area contributed by atoms with Crippen molar-refractivity contribution in [3.63, 3.8) is 0 Å². The van der Waals surface area contributed by atoms with Gasteiger partial charge in [-0.15, -0.1) is 0 Å². The van der Waals surface area contributed by atoms with Crippen molar-refractivity contribution in [1.29, 1.82) is 0 Å². The molecule has 3 rings (SSSR count). The quantitative estimate of drug-likeness (QED) is 0.537. The molecule has 7 nitrogen and oxygen atoms in total. The fraction of sp³-hybridized carbons (Fsp3) is 0.481. The van der Waals surface area contributed by atoms with Gasteiger partial charge in [-0.3, -0.25) is 0 Å². The second-order valence-corrected chi connectivity index (χ2v) is 9.02. The van der Waals surface area contributed by atoms with Gasteiger partial charge in [0.05, 0.1) is 13.7 Å². The lowest BCUT2D eigenvalue weighted by Crippen LogP contribution is -2.49. The van der Waals surface area contributed by atoms with E-state index in [9.17, 15) is 9.59 Å². The highest BCUT2D eigenvalue weighted by Crippen LogP contribution is 2.29. The van der Waals surface area contributed by atoms with Crippen LogP contribution in [0.2, 0.25) is 0 Å². The molecule has 0 heterocycles. The molecule has 0 saturated carbocycles. The molecule has 3 amide bonds. The summed E-state index contributed by atoms with van der Waals surface area (Å²) in [5.74, 6) is 0.998. The number of carbonyl (C=O) groups excluding carboxylic acids is 2. The van der Waals surface area contributed by atoms with Gasteiger partial charge in [0.1, 0.15) is 5.75 Å². The molecular formula is C27H37N3O4. The zero-order valence-electron chi connectivity index (χ0n) is 21.0. The molecule has 1 aliphatic rings. The molecule has 1 atom stereocenters. The van der Waals surface area contributed by atoms with Crippen LogP contribution in [0.1, 0.15) is 45.2 Å². The first-order chi connectivity index (χ1) is 16.4. The van der Waals surface area contributed by atoms with Crippen LogP contribution in [0.3, 0.4) is 0 Å². The van der Waals surface area contributed by atoms with Crippen molar-refractivity contribution in [2.75, 3.05) is 37.0 Å². The fourth-order valence-corrected chi connectivity index (χ4v) is 4.29. The summed E-state index contributed by atoms with van der Waals surface area (Å²) in [5.41, 5.74) is 4.05. The standard InChI is InChI=1S/C27H37N3O4/c1-6-29(7-2)23-13-10-22(11-14-23)28-26(31)30(27(32)34-18-19(3)4)24-12-8-21-17-25(33-5)15-9-20(21)16-24/h9-11,13-15,17,19,24H,6-8,12,16,18H2,1-5H3,(H,28,31). The second kappa shape index (κ2) is 11.8. The van der Waals surface area contributed by atoms with Crippen LogP contribution in [0, 0.1) is 5.92 Å². The van der Waals surface area contributed by atoms with Crippen LogP contribution in [0.25, 0.3) is 0 Å². The molecule has 0 spiro atoms. The minimum atomic E-state index is -0.604. The van der Waals surface area contributed by atoms with Crippen molar-refractivity contribution in [3.8, 4) is 5.75 Å². The molecule has 1 aliphatic carbocycles. The summed E-state index contributed by atoms with van der Waals surface area (Å²) in [7, 11) is 1.65. The van der Waals surface area contributed by atoms with E-state index in [1.54, 1.807) is 7.11 Å². The van der Waals surface area contributed by atoms with Gasteiger partial charge in [-0.2, -0.15) is 0 Å². The number of benzene rings is 2. The molecule has 0 aliphatic heterocycles. The highest BCUT2D eigenvalue weighted by atomic mass is 16.6. The minimum absolute atomic E-state index is 0.182. The number of hydrogen-bond donors (Lipinski definition) is 1. The summed E-state index contributed by atoms with van der Waals surface area (Å²) in [6, 6.07) is 12.9. The van der Waals surface area contributed by atoms with Gasteiger partial charge in [0.15, 0.2) is 0 Å². The first kappa shape index (κ1) is 25.4. The van der Waals surface area contributed by atoms with E-state index in [0.717, 1.165) is 36.5 Å². The molecule has 2 aromatic carbocycles. The largest absolute Gasteiger partial charge is 0.497 e. The number of aryl methyl sites for hydroxylation is 1. The maximum absolute atomic E-state index is 13.3. The Labute approximate surface area is 203 Å². The van der Waals surface area contributed by atoms with Crippen molar-refractivity contribution in [3.05, 3.63) is 53.6 Å². The van der Waals surface area contributed by atoms with Crippen molar-refractivity contribution in [2.24, 2.45) is 5.92 Å². The third-order valence-corrected chi connectivity index (χ3v) is 6.18. The number of urea groups is 1. The number of imide groups is 1. The van der Waals surface area contributed by atoms with Gasteiger partial charge in [0.2, 0.25) is 0 Å². The third-order valence-electron chi connectivity index (χ3n) is 6.18. The van der Waals surface area contributed by atoms with E-state index >= 15 is 0 Å². The predicted molar refractivity (Wildman–Crippen MR) is 136 cm³/mol. The molecule has 0 saturated heterocycles. The Hall–Kier alpha value is -3.22. The lowest BCUT2D eigenvalue weighted by molar-refractivity contribution is 0.0882. The number of carbonyl (C=O) groups is 2. The Morgan fingerprint density at radius 3 is 2.38 bits per heavy atom. The minimum Gasteiger partial charge on any atom is -0.497 e. The molecule has 0 bridgehead atoms. The molecular weight excluding hydrogens is 430 g/mol. The number of anilines is 2. The monoisotopic (exact) mass is 467 g/mol. The fourth-order valence-electron chi connectivity index (χ4n) is 4.29. The number of ether oxygens (including phenoxy) is 2. The second-order valence-electron chi connectivity index (χ2n) is 9.02. The highest BCUT2D eigenvalue weighted by molar-refractivity contribution is 5.99. The summed E-state index contributed by atoms with van der Waals surface area (Å²) in [5, 5.41) is 2.90. The van der Waals surface area contributed by atoms with Crippen LogP contribution >= 0.6 is 0 Å². The lowest BCUT2D eigenvalue weighted by Gasteiger charge is -2.33. The van der Waals surface area contributed by atoms with Crippen LogP contribution in [-0.2, 0) is 17.6 Å². The predicted octanol–water partition coefficient (Wildman–Crippen LogP) is 5.73. The molecule has 2 aromatic rings. The van der Waals surface area contributed by atoms with E-state index in [0.29, 0.717) is 18.5 Å². The number of methoxy groups -OCH3 is 1. The van der Waals surface area contributed by atoms with Crippen LogP contribution < -0.4 is 15.0 Å². The van der Waals surface area contributed by atoms with Crippen molar-refractivity contribution < 1.29 is 19.1 Å². The van der Waals surface area contributed by atoms with Gasteiger partial charge >= 0.3 is 12.1 Å². The highest BCUT2D eigenvalue weighted by Gasteiger charge is 2.34.